The normalized spacial score (nSPS) is 11.7. The quantitative estimate of drug-likeness (QED) is 0.469. The van der Waals surface area contributed by atoms with Crippen molar-refractivity contribution >= 4 is 11.6 Å². The number of hydrogen-bond acceptors (Lipinski definition) is 3. The second-order valence-electron chi connectivity index (χ2n) is 8.35. The Kier molecular flexibility index (Phi) is 6.84. The molecule has 0 aliphatic rings. The van der Waals surface area contributed by atoms with Gasteiger partial charge in [0.25, 0.3) is 0 Å². The molecule has 1 aromatic heterocycles. The first-order valence-electron chi connectivity index (χ1n) is 9.91. The molecule has 0 spiro atoms. The van der Waals surface area contributed by atoms with Gasteiger partial charge in [0.05, 0.1) is 31.0 Å². The second kappa shape index (κ2) is 9.19. The van der Waals surface area contributed by atoms with Crippen LogP contribution in [0, 0.1) is 5.82 Å². The molecule has 0 radical (unpaired) electrons. The Balaban J connectivity index is 2.02. The molecule has 160 valence electrons. The molecule has 6 heteroatoms. The van der Waals surface area contributed by atoms with Crippen molar-refractivity contribution in [2.45, 2.75) is 39.2 Å². The minimum atomic E-state index is -0.366. The van der Waals surface area contributed by atoms with E-state index < -0.39 is 0 Å². The van der Waals surface area contributed by atoms with Crippen LogP contribution in [0.15, 0.2) is 42.6 Å². The van der Waals surface area contributed by atoms with Gasteiger partial charge in [0.15, 0.2) is 0 Å². The molecule has 1 heterocycles. The van der Waals surface area contributed by atoms with E-state index in [9.17, 15) is 4.39 Å². The van der Waals surface area contributed by atoms with Crippen LogP contribution in [0.3, 0.4) is 0 Å². The van der Waals surface area contributed by atoms with E-state index in [4.69, 9.17) is 26.2 Å². The third-order valence-electron chi connectivity index (χ3n) is 5.03. The first kappa shape index (κ1) is 22.3. The van der Waals surface area contributed by atoms with Gasteiger partial charge in [0, 0.05) is 25.3 Å². The molecule has 2 aromatic carbocycles. The minimum Gasteiger partial charge on any atom is -0.497 e. The van der Waals surface area contributed by atoms with E-state index in [1.54, 1.807) is 20.3 Å². The third-order valence-corrected chi connectivity index (χ3v) is 5.31. The van der Waals surface area contributed by atoms with Gasteiger partial charge in [-0.25, -0.2) is 4.39 Å². The number of rotatable bonds is 7. The molecule has 0 aliphatic heterocycles. The zero-order chi connectivity index (χ0) is 21.9. The molecule has 0 aliphatic carbocycles. The zero-order valence-electron chi connectivity index (χ0n) is 18.1. The first-order chi connectivity index (χ1) is 14.2. The fourth-order valence-electron chi connectivity index (χ4n) is 3.38. The molecule has 3 aromatic rings. The molecule has 0 saturated carbocycles. The lowest BCUT2D eigenvalue weighted by atomic mass is 9.85. The van der Waals surface area contributed by atoms with E-state index in [0.29, 0.717) is 25.1 Å². The predicted molar refractivity (Wildman–Crippen MR) is 119 cm³/mol. The van der Waals surface area contributed by atoms with Crippen molar-refractivity contribution in [3.05, 3.63) is 70.3 Å². The summed E-state index contributed by atoms with van der Waals surface area (Å²) in [5, 5.41) is 4.90. The maximum Gasteiger partial charge on any atom is 0.145 e. The third kappa shape index (κ3) is 5.02. The number of benzene rings is 2. The van der Waals surface area contributed by atoms with Crippen LogP contribution >= 0.6 is 11.6 Å². The van der Waals surface area contributed by atoms with Gasteiger partial charge in [-0.05, 0) is 46.4 Å². The largest absolute Gasteiger partial charge is 0.497 e. The lowest BCUT2D eigenvalue weighted by Crippen LogP contribution is -2.14. The lowest BCUT2D eigenvalue weighted by molar-refractivity contribution is 0.201. The lowest BCUT2D eigenvalue weighted by Gasteiger charge is -2.21. The second-order valence-corrected chi connectivity index (χ2v) is 8.75. The Bertz CT molecular complexity index is 1010. The summed E-state index contributed by atoms with van der Waals surface area (Å²) in [4.78, 5) is 0. The Hall–Kier alpha value is -2.37. The Morgan fingerprint density at radius 2 is 1.80 bits per heavy atom. The Morgan fingerprint density at radius 3 is 2.40 bits per heavy atom. The van der Waals surface area contributed by atoms with E-state index in [0.717, 1.165) is 28.1 Å². The molecule has 0 unspecified atom stereocenters. The summed E-state index contributed by atoms with van der Waals surface area (Å²) in [5.74, 6) is 0.452. The van der Waals surface area contributed by atoms with Crippen LogP contribution in [0.5, 0.6) is 5.75 Å². The smallest absolute Gasteiger partial charge is 0.145 e. The van der Waals surface area contributed by atoms with Crippen LogP contribution in [-0.4, -0.2) is 30.6 Å². The van der Waals surface area contributed by atoms with Crippen LogP contribution in [0.4, 0.5) is 4.39 Å². The highest BCUT2D eigenvalue weighted by Crippen LogP contribution is 2.35. The highest BCUT2D eigenvalue weighted by atomic mass is 35.5. The summed E-state index contributed by atoms with van der Waals surface area (Å²) in [7, 11) is 3.32. The van der Waals surface area contributed by atoms with Crippen LogP contribution in [0.1, 0.15) is 37.6 Å². The zero-order valence-corrected chi connectivity index (χ0v) is 18.9. The summed E-state index contributed by atoms with van der Waals surface area (Å²) in [6.07, 6.45) is 2.65. The molecular formula is C24H28ClFN2O2. The number of halogens is 2. The maximum absolute atomic E-state index is 14.7. The van der Waals surface area contributed by atoms with Crippen molar-refractivity contribution in [3.63, 3.8) is 0 Å². The summed E-state index contributed by atoms with van der Waals surface area (Å²) in [6.45, 7) is 7.10. The van der Waals surface area contributed by atoms with Gasteiger partial charge in [0.2, 0.25) is 0 Å². The van der Waals surface area contributed by atoms with Gasteiger partial charge in [-0.1, -0.05) is 44.5 Å². The number of ether oxygens (including phenoxy) is 2. The van der Waals surface area contributed by atoms with Gasteiger partial charge in [-0.3, -0.25) is 4.68 Å². The SMILES string of the molecule is COCCc1nn(Cc2ccc(OC)cc2)cc1-c1cc(Cl)c(F)c(C(C)(C)C)c1. The molecular weight excluding hydrogens is 403 g/mol. The highest BCUT2D eigenvalue weighted by molar-refractivity contribution is 6.31. The van der Waals surface area contributed by atoms with Crippen LogP contribution < -0.4 is 4.74 Å². The molecule has 0 N–H and O–H groups in total. The summed E-state index contributed by atoms with van der Waals surface area (Å²) >= 11 is 6.26. The molecule has 30 heavy (non-hydrogen) atoms. The number of hydrogen-bond donors (Lipinski definition) is 0. The standard InChI is InChI=1S/C24H28ClFN2O2/c1-24(2,3)20-12-17(13-21(25)23(20)26)19-15-28(27-22(19)10-11-29-4)14-16-6-8-18(30-5)9-7-16/h6-9,12-13,15H,10-11,14H2,1-5H3. The van der Waals surface area contributed by atoms with E-state index in [2.05, 4.69) is 0 Å². The first-order valence-corrected chi connectivity index (χ1v) is 10.3. The molecule has 3 rings (SSSR count). The number of nitrogens with zero attached hydrogens (tertiary/aromatic N) is 2. The monoisotopic (exact) mass is 430 g/mol. The van der Waals surface area contributed by atoms with E-state index >= 15 is 0 Å². The molecule has 0 amide bonds. The average Bonchev–Trinajstić information content (AvgIpc) is 3.10. The number of aromatic nitrogens is 2. The minimum absolute atomic E-state index is 0.123. The maximum atomic E-state index is 14.7. The van der Waals surface area contributed by atoms with Crippen molar-refractivity contribution in [3.8, 4) is 16.9 Å². The predicted octanol–water partition coefficient (Wildman–Crippen LogP) is 5.89. The van der Waals surface area contributed by atoms with Crippen LogP contribution in [0.2, 0.25) is 5.02 Å². The fraction of sp³-hybridized carbons (Fsp3) is 0.375. The molecule has 0 saturated heterocycles. The van der Waals surface area contributed by atoms with Gasteiger partial charge in [-0.15, -0.1) is 0 Å². The molecule has 0 bridgehead atoms. The van der Waals surface area contributed by atoms with Crippen molar-refractivity contribution in [2.24, 2.45) is 0 Å². The average molecular weight is 431 g/mol. The van der Waals surface area contributed by atoms with Crippen molar-refractivity contribution < 1.29 is 13.9 Å². The fourth-order valence-corrected chi connectivity index (χ4v) is 3.59. The topological polar surface area (TPSA) is 36.3 Å². The van der Waals surface area contributed by atoms with Crippen molar-refractivity contribution in [1.29, 1.82) is 0 Å². The van der Waals surface area contributed by atoms with Crippen molar-refractivity contribution in [2.75, 3.05) is 20.8 Å². The van der Waals surface area contributed by atoms with E-state index in [1.165, 1.54) is 0 Å². The molecule has 0 fully saturated rings. The summed E-state index contributed by atoms with van der Waals surface area (Å²) < 4.78 is 27.1. The Labute approximate surface area is 182 Å². The number of methoxy groups -OCH3 is 2. The van der Waals surface area contributed by atoms with Gasteiger partial charge in [-0.2, -0.15) is 5.10 Å². The Morgan fingerprint density at radius 1 is 1.10 bits per heavy atom. The van der Waals surface area contributed by atoms with Crippen LogP contribution in [0.25, 0.3) is 11.1 Å². The van der Waals surface area contributed by atoms with E-state index in [-0.39, 0.29) is 16.3 Å². The van der Waals surface area contributed by atoms with Crippen molar-refractivity contribution in [1.82, 2.24) is 9.78 Å². The summed E-state index contributed by atoms with van der Waals surface area (Å²) in [6, 6.07) is 11.5. The van der Waals surface area contributed by atoms with Crippen LogP contribution in [-0.2, 0) is 23.1 Å². The molecule has 4 nitrogen and oxygen atoms in total. The van der Waals surface area contributed by atoms with Gasteiger partial charge >= 0.3 is 0 Å². The molecule has 0 atom stereocenters. The van der Waals surface area contributed by atoms with Gasteiger partial charge < -0.3 is 9.47 Å². The summed E-state index contributed by atoms with van der Waals surface area (Å²) in [5.41, 5.74) is 4.02. The van der Waals surface area contributed by atoms with Gasteiger partial charge in [0.1, 0.15) is 11.6 Å². The highest BCUT2D eigenvalue weighted by Gasteiger charge is 2.23. The van der Waals surface area contributed by atoms with E-state index in [1.807, 2.05) is 62.0 Å².